The molecule has 1 N–H and O–H groups in total. The molecule has 18 heavy (non-hydrogen) atoms. The number of nitrogens with zero attached hydrogens (tertiary/aromatic N) is 1. The predicted octanol–water partition coefficient (Wildman–Crippen LogP) is 2.60. The molecule has 0 radical (unpaired) electrons. The molecule has 0 spiro atoms. The zero-order valence-electron chi connectivity index (χ0n) is 9.64. The first-order valence-corrected chi connectivity index (χ1v) is 6.42. The van der Waals surface area contributed by atoms with Gasteiger partial charge < -0.3 is 10.0 Å². The van der Waals surface area contributed by atoms with Crippen molar-refractivity contribution in [2.45, 2.75) is 12.5 Å². The van der Waals surface area contributed by atoms with Crippen LogP contribution in [0.1, 0.15) is 12.0 Å². The first-order chi connectivity index (χ1) is 8.56. The summed E-state index contributed by atoms with van der Waals surface area (Å²) in [6, 6.07) is 5.08. The fraction of sp³-hybridized carbons (Fsp3) is 0.308. The van der Waals surface area contributed by atoms with E-state index in [1.807, 2.05) is 0 Å². The number of hydrogen-bond donors (Lipinski definition) is 1. The van der Waals surface area contributed by atoms with Crippen LogP contribution in [0.4, 0.5) is 0 Å². The molecule has 1 fully saturated rings. The van der Waals surface area contributed by atoms with Crippen LogP contribution >= 0.6 is 23.2 Å². The maximum absolute atomic E-state index is 11.8. The molecule has 0 aliphatic carbocycles. The van der Waals surface area contributed by atoms with E-state index in [1.54, 1.807) is 29.2 Å². The lowest BCUT2D eigenvalue weighted by atomic mass is 10.2. The van der Waals surface area contributed by atoms with Crippen molar-refractivity contribution in [1.82, 2.24) is 4.90 Å². The second-order valence-corrected chi connectivity index (χ2v) is 5.07. The highest BCUT2D eigenvalue weighted by Gasteiger charge is 2.22. The number of halogens is 2. The fourth-order valence-electron chi connectivity index (χ4n) is 1.85. The van der Waals surface area contributed by atoms with Crippen molar-refractivity contribution in [1.29, 1.82) is 0 Å². The minimum Gasteiger partial charge on any atom is -0.391 e. The van der Waals surface area contributed by atoms with Crippen LogP contribution in [0, 0.1) is 0 Å². The molecule has 1 heterocycles. The number of benzene rings is 1. The van der Waals surface area contributed by atoms with E-state index in [2.05, 4.69) is 0 Å². The van der Waals surface area contributed by atoms with E-state index in [-0.39, 0.29) is 5.91 Å². The molecule has 1 aromatic carbocycles. The minimum atomic E-state index is -0.405. The number of aliphatic hydroxyl groups excluding tert-OH is 1. The molecule has 0 aromatic heterocycles. The topological polar surface area (TPSA) is 40.5 Å². The highest BCUT2D eigenvalue weighted by Crippen LogP contribution is 2.22. The first-order valence-electron chi connectivity index (χ1n) is 5.66. The third kappa shape index (κ3) is 3.25. The van der Waals surface area contributed by atoms with Crippen LogP contribution < -0.4 is 0 Å². The summed E-state index contributed by atoms with van der Waals surface area (Å²) in [5.41, 5.74) is 0.706. The van der Waals surface area contributed by atoms with Gasteiger partial charge in [-0.05, 0) is 36.3 Å². The van der Waals surface area contributed by atoms with E-state index in [4.69, 9.17) is 23.2 Å². The summed E-state index contributed by atoms with van der Waals surface area (Å²) in [5.74, 6) is -0.123. The van der Waals surface area contributed by atoms with Gasteiger partial charge in [-0.2, -0.15) is 0 Å². The van der Waals surface area contributed by atoms with Crippen molar-refractivity contribution in [3.05, 3.63) is 39.9 Å². The van der Waals surface area contributed by atoms with Crippen LogP contribution in [-0.4, -0.2) is 35.1 Å². The maximum Gasteiger partial charge on any atom is 0.246 e. The van der Waals surface area contributed by atoms with Crippen LogP contribution in [0.2, 0.25) is 10.0 Å². The molecule has 1 aliphatic rings. The largest absolute Gasteiger partial charge is 0.391 e. The zero-order valence-corrected chi connectivity index (χ0v) is 11.2. The van der Waals surface area contributed by atoms with Gasteiger partial charge in [0.1, 0.15) is 0 Å². The normalized spacial score (nSPS) is 19.7. The van der Waals surface area contributed by atoms with E-state index in [9.17, 15) is 9.90 Å². The Bertz CT molecular complexity index is 488. The Morgan fingerprint density at radius 1 is 1.44 bits per heavy atom. The van der Waals surface area contributed by atoms with E-state index in [0.29, 0.717) is 35.1 Å². The molecule has 2 rings (SSSR count). The first kappa shape index (κ1) is 13.4. The van der Waals surface area contributed by atoms with E-state index in [1.165, 1.54) is 6.08 Å². The van der Waals surface area contributed by atoms with Crippen molar-refractivity contribution in [2.75, 3.05) is 13.1 Å². The lowest BCUT2D eigenvalue weighted by Gasteiger charge is -2.12. The number of hydrogen-bond acceptors (Lipinski definition) is 2. The molecule has 1 saturated heterocycles. The van der Waals surface area contributed by atoms with Gasteiger partial charge in [0.05, 0.1) is 6.10 Å². The molecule has 1 amide bonds. The monoisotopic (exact) mass is 285 g/mol. The summed E-state index contributed by atoms with van der Waals surface area (Å²) >= 11 is 11.8. The number of amides is 1. The molecule has 96 valence electrons. The number of aliphatic hydroxyl groups is 1. The Labute approximate surface area is 116 Å². The predicted molar refractivity (Wildman–Crippen MR) is 72.7 cm³/mol. The van der Waals surface area contributed by atoms with Crippen molar-refractivity contribution < 1.29 is 9.90 Å². The van der Waals surface area contributed by atoms with E-state index < -0.39 is 6.10 Å². The second-order valence-electron chi connectivity index (χ2n) is 4.23. The summed E-state index contributed by atoms with van der Waals surface area (Å²) in [4.78, 5) is 13.4. The molecule has 0 saturated carbocycles. The summed E-state index contributed by atoms with van der Waals surface area (Å²) in [6.07, 6.45) is 3.33. The average Bonchev–Trinajstić information content (AvgIpc) is 2.77. The highest BCUT2D eigenvalue weighted by molar-refractivity contribution is 6.34. The molecular formula is C13H13Cl2NO2. The van der Waals surface area contributed by atoms with Gasteiger partial charge in [-0.15, -0.1) is 0 Å². The fourth-order valence-corrected chi connectivity index (χ4v) is 2.21. The van der Waals surface area contributed by atoms with Crippen LogP contribution in [0.3, 0.4) is 0 Å². The Hall–Kier alpha value is -1.03. The van der Waals surface area contributed by atoms with Crippen LogP contribution in [-0.2, 0) is 4.79 Å². The van der Waals surface area contributed by atoms with Gasteiger partial charge >= 0.3 is 0 Å². The molecule has 1 aliphatic heterocycles. The molecule has 5 heteroatoms. The molecular weight excluding hydrogens is 273 g/mol. The summed E-state index contributed by atoms with van der Waals surface area (Å²) in [6.45, 7) is 0.986. The van der Waals surface area contributed by atoms with Gasteiger partial charge in [-0.1, -0.05) is 23.2 Å². The molecule has 1 atom stereocenters. The Balaban J connectivity index is 2.06. The number of carbonyl (C=O) groups is 1. The Kier molecular flexibility index (Phi) is 4.27. The Morgan fingerprint density at radius 3 is 2.89 bits per heavy atom. The van der Waals surface area contributed by atoms with E-state index in [0.717, 1.165) is 0 Å². The minimum absolute atomic E-state index is 0.123. The van der Waals surface area contributed by atoms with Gasteiger partial charge in [0.15, 0.2) is 0 Å². The molecule has 1 aromatic rings. The molecule has 3 nitrogen and oxygen atoms in total. The summed E-state index contributed by atoms with van der Waals surface area (Å²) < 4.78 is 0. The van der Waals surface area contributed by atoms with E-state index >= 15 is 0 Å². The number of β-amino-alcohol motifs (C(OH)–C–C–N with tert-alkyl or cyclic N) is 1. The highest BCUT2D eigenvalue weighted by atomic mass is 35.5. The van der Waals surface area contributed by atoms with Gasteiger partial charge in [0.25, 0.3) is 0 Å². The number of likely N-dealkylation sites (tertiary alicyclic amines) is 1. The smallest absolute Gasteiger partial charge is 0.246 e. The zero-order chi connectivity index (χ0) is 13.1. The molecule has 0 unspecified atom stereocenters. The van der Waals surface area contributed by atoms with Gasteiger partial charge in [0, 0.05) is 29.2 Å². The maximum atomic E-state index is 11.8. The number of rotatable bonds is 2. The summed E-state index contributed by atoms with van der Waals surface area (Å²) in [7, 11) is 0. The average molecular weight is 286 g/mol. The van der Waals surface area contributed by atoms with Gasteiger partial charge in [-0.25, -0.2) is 0 Å². The second kappa shape index (κ2) is 5.74. The van der Waals surface area contributed by atoms with Crippen molar-refractivity contribution in [2.24, 2.45) is 0 Å². The Morgan fingerprint density at radius 2 is 2.22 bits per heavy atom. The molecule has 0 bridgehead atoms. The lowest BCUT2D eigenvalue weighted by molar-refractivity contribution is -0.125. The third-order valence-corrected chi connectivity index (χ3v) is 3.42. The third-order valence-electron chi connectivity index (χ3n) is 2.84. The summed E-state index contributed by atoms with van der Waals surface area (Å²) in [5, 5.41) is 10.5. The van der Waals surface area contributed by atoms with Gasteiger partial charge in [-0.3, -0.25) is 4.79 Å². The van der Waals surface area contributed by atoms with Crippen LogP contribution in [0.25, 0.3) is 6.08 Å². The lowest BCUT2D eigenvalue weighted by Crippen LogP contribution is -2.27. The van der Waals surface area contributed by atoms with Crippen molar-refractivity contribution in [3.8, 4) is 0 Å². The van der Waals surface area contributed by atoms with Crippen LogP contribution in [0.5, 0.6) is 0 Å². The van der Waals surface area contributed by atoms with Crippen LogP contribution in [0.15, 0.2) is 24.3 Å². The number of carbonyl (C=O) groups excluding carboxylic acids is 1. The standard InChI is InChI=1S/C13H13Cl2NO2/c14-10-2-3-12(15)9(7-10)1-4-13(18)16-6-5-11(17)8-16/h1-4,7,11,17H,5-6,8H2/t11-/m1/s1. The quantitative estimate of drug-likeness (QED) is 0.849. The SMILES string of the molecule is O=C(C=Cc1cc(Cl)ccc1Cl)N1CC[C@@H](O)C1. The van der Waals surface area contributed by atoms with Gasteiger partial charge in [0.2, 0.25) is 5.91 Å². The van der Waals surface area contributed by atoms with Crippen molar-refractivity contribution >= 4 is 35.2 Å². The van der Waals surface area contributed by atoms with Crippen molar-refractivity contribution in [3.63, 3.8) is 0 Å².